The van der Waals surface area contributed by atoms with Crippen LogP contribution < -0.4 is 15.2 Å². The first kappa shape index (κ1) is 12.6. The highest BCUT2D eigenvalue weighted by Gasteiger charge is 2.19. The molecule has 0 atom stereocenters. The van der Waals surface area contributed by atoms with E-state index in [0.717, 1.165) is 5.56 Å². The lowest BCUT2D eigenvalue weighted by Crippen LogP contribution is -1.95. The summed E-state index contributed by atoms with van der Waals surface area (Å²) in [6.45, 7) is 1.88. The van der Waals surface area contributed by atoms with E-state index in [9.17, 15) is 0 Å². The van der Waals surface area contributed by atoms with Gasteiger partial charge in [0, 0.05) is 6.07 Å². The van der Waals surface area contributed by atoms with E-state index in [1.165, 1.54) is 7.11 Å². The van der Waals surface area contributed by atoms with Gasteiger partial charge < -0.3 is 19.7 Å². The molecule has 2 N–H and O–H groups in total. The van der Waals surface area contributed by atoms with Crippen molar-refractivity contribution in [3.8, 4) is 22.8 Å². The molecule has 0 aliphatic heterocycles. The molecule has 0 spiro atoms. The lowest BCUT2D eigenvalue weighted by molar-refractivity contribution is 0.390. The minimum atomic E-state index is 0.302. The van der Waals surface area contributed by atoms with Crippen LogP contribution in [0.4, 0.5) is 5.82 Å². The number of ether oxygens (including phenoxy) is 2. The molecule has 6 heteroatoms. The molecular weight excluding hydrogens is 256 g/mol. The summed E-state index contributed by atoms with van der Waals surface area (Å²) in [7, 11) is 3.08. The second kappa shape index (κ2) is 4.78. The van der Waals surface area contributed by atoms with Crippen LogP contribution in [0.15, 0.2) is 16.7 Å². The van der Waals surface area contributed by atoms with Crippen LogP contribution in [0.1, 0.15) is 5.56 Å². The highest BCUT2D eigenvalue weighted by molar-refractivity contribution is 6.34. The smallest absolute Gasteiger partial charge is 0.172 e. The number of anilines is 1. The zero-order chi connectivity index (χ0) is 13.3. The van der Waals surface area contributed by atoms with Gasteiger partial charge >= 0.3 is 0 Å². The van der Waals surface area contributed by atoms with Crippen LogP contribution in [0.25, 0.3) is 11.3 Å². The predicted octanol–water partition coefficient (Wildman–Crippen LogP) is 2.90. The molecule has 2 rings (SSSR count). The van der Waals surface area contributed by atoms with Crippen LogP contribution in [0.3, 0.4) is 0 Å². The Bertz CT molecular complexity index is 581. The van der Waals surface area contributed by atoms with Crippen molar-refractivity contribution in [2.75, 3.05) is 20.0 Å². The van der Waals surface area contributed by atoms with E-state index in [-0.39, 0.29) is 0 Å². The van der Waals surface area contributed by atoms with Crippen LogP contribution in [0.5, 0.6) is 11.5 Å². The minimum Gasteiger partial charge on any atom is -0.495 e. The van der Waals surface area contributed by atoms with Crippen LogP contribution in [-0.2, 0) is 0 Å². The second-order valence-corrected chi connectivity index (χ2v) is 4.12. The molecule has 1 aromatic heterocycles. The third-order valence-electron chi connectivity index (χ3n) is 2.56. The molecule has 2 aromatic rings. The van der Waals surface area contributed by atoms with Gasteiger partial charge in [0.25, 0.3) is 0 Å². The molecule has 0 saturated carbocycles. The summed E-state index contributed by atoms with van der Waals surface area (Å²) in [5.74, 6) is 1.84. The quantitative estimate of drug-likeness (QED) is 0.927. The van der Waals surface area contributed by atoms with Gasteiger partial charge in [-0.25, -0.2) is 0 Å². The van der Waals surface area contributed by atoms with E-state index in [4.69, 9.17) is 31.3 Å². The Morgan fingerprint density at radius 2 is 1.89 bits per heavy atom. The fourth-order valence-electron chi connectivity index (χ4n) is 1.79. The standard InChI is InChI=1S/C12H13ClN2O3/c1-6-4-7(8-5-9(14)15-18-8)12(17-3)10(13)11(6)16-2/h4-5H,1-3H3,(H2,14,15). The van der Waals surface area contributed by atoms with Crippen LogP contribution in [0, 0.1) is 6.92 Å². The average Bonchev–Trinajstić information content (AvgIpc) is 2.75. The summed E-state index contributed by atoms with van der Waals surface area (Å²) in [6, 6.07) is 3.46. The number of rotatable bonds is 3. The zero-order valence-electron chi connectivity index (χ0n) is 10.3. The van der Waals surface area contributed by atoms with Crippen molar-refractivity contribution in [1.82, 2.24) is 5.16 Å². The summed E-state index contributed by atoms with van der Waals surface area (Å²) in [5, 5.41) is 4.04. The van der Waals surface area contributed by atoms with Crippen molar-refractivity contribution in [1.29, 1.82) is 0 Å². The Morgan fingerprint density at radius 3 is 2.39 bits per heavy atom. The summed E-state index contributed by atoms with van der Waals surface area (Å²) in [4.78, 5) is 0. The number of halogens is 1. The highest BCUT2D eigenvalue weighted by atomic mass is 35.5. The number of hydrogen-bond donors (Lipinski definition) is 1. The summed E-state index contributed by atoms with van der Waals surface area (Å²) in [5.41, 5.74) is 7.09. The molecule has 1 heterocycles. The normalized spacial score (nSPS) is 10.4. The molecule has 0 radical (unpaired) electrons. The molecule has 0 unspecified atom stereocenters. The van der Waals surface area contributed by atoms with Gasteiger partial charge in [-0.1, -0.05) is 16.8 Å². The topological polar surface area (TPSA) is 70.5 Å². The lowest BCUT2D eigenvalue weighted by Gasteiger charge is -2.13. The number of nitrogen functional groups attached to an aromatic ring is 1. The Balaban J connectivity index is 2.68. The van der Waals surface area contributed by atoms with Crippen molar-refractivity contribution < 1.29 is 14.0 Å². The van der Waals surface area contributed by atoms with Gasteiger partial charge in [0.15, 0.2) is 17.3 Å². The van der Waals surface area contributed by atoms with Crippen LogP contribution in [0.2, 0.25) is 5.02 Å². The maximum Gasteiger partial charge on any atom is 0.172 e. The molecule has 5 nitrogen and oxygen atoms in total. The molecule has 0 saturated heterocycles. The van der Waals surface area contributed by atoms with E-state index < -0.39 is 0 Å². The van der Waals surface area contributed by atoms with Crippen molar-refractivity contribution in [2.24, 2.45) is 0 Å². The fraction of sp³-hybridized carbons (Fsp3) is 0.250. The number of nitrogens with two attached hydrogens (primary N) is 1. The average molecular weight is 269 g/mol. The summed E-state index contributed by atoms with van der Waals surface area (Å²) >= 11 is 6.23. The highest BCUT2D eigenvalue weighted by Crippen LogP contribution is 2.44. The van der Waals surface area contributed by atoms with Gasteiger partial charge in [-0.3, -0.25) is 0 Å². The first-order valence-electron chi connectivity index (χ1n) is 5.22. The summed E-state index contributed by atoms with van der Waals surface area (Å²) < 4.78 is 15.7. The van der Waals surface area contributed by atoms with Gasteiger partial charge in [-0.05, 0) is 18.6 Å². The van der Waals surface area contributed by atoms with Gasteiger partial charge in [0.05, 0.1) is 19.8 Å². The number of nitrogens with zero attached hydrogens (tertiary/aromatic N) is 1. The largest absolute Gasteiger partial charge is 0.495 e. The molecule has 0 aliphatic carbocycles. The van der Waals surface area contributed by atoms with E-state index >= 15 is 0 Å². The van der Waals surface area contributed by atoms with E-state index in [2.05, 4.69) is 5.16 Å². The molecular formula is C12H13ClN2O3. The van der Waals surface area contributed by atoms with Crippen molar-refractivity contribution >= 4 is 17.4 Å². The minimum absolute atomic E-state index is 0.302. The maximum absolute atomic E-state index is 6.23. The number of aryl methyl sites for hydroxylation is 1. The van der Waals surface area contributed by atoms with Crippen molar-refractivity contribution in [3.05, 3.63) is 22.7 Å². The lowest BCUT2D eigenvalue weighted by atomic mass is 10.1. The van der Waals surface area contributed by atoms with Gasteiger partial charge in [0.1, 0.15) is 10.8 Å². The van der Waals surface area contributed by atoms with Crippen molar-refractivity contribution in [3.63, 3.8) is 0 Å². The first-order chi connectivity index (χ1) is 8.58. The molecule has 0 amide bonds. The molecule has 1 aromatic carbocycles. The summed E-state index contributed by atoms with van der Waals surface area (Å²) in [6.07, 6.45) is 0. The molecule has 96 valence electrons. The Labute approximate surface area is 109 Å². The van der Waals surface area contributed by atoms with Gasteiger partial charge in [0.2, 0.25) is 0 Å². The molecule has 0 fully saturated rings. The van der Waals surface area contributed by atoms with Gasteiger partial charge in [-0.2, -0.15) is 0 Å². The van der Waals surface area contributed by atoms with Crippen LogP contribution >= 0.6 is 11.6 Å². The van der Waals surface area contributed by atoms with E-state index in [1.807, 2.05) is 13.0 Å². The molecule has 18 heavy (non-hydrogen) atoms. The predicted molar refractivity (Wildman–Crippen MR) is 69.2 cm³/mol. The van der Waals surface area contributed by atoms with Gasteiger partial charge in [-0.15, -0.1) is 0 Å². The number of hydrogen-bond acceptors (Lipinski definition) is 5. The van der Waals surface area contributed by atoms with E-state index in [0.29, 0.717) is 33.7 Å². The monoisotopic (exact) mass is 268 g/mol. The van der Waals surface area contributed by atoms with Crippen molar-refractivity contribution in [2.45, 2.75) is 6.92 Å². The maximum atomic E-state index is 6.23. The third kappa shape index (κ3) is 1.97. The SMILES string of the molecule is COc1c(C)cc(-c2cc(N)no2)c(OC)c1Cl. The fourth-order valence-corrected chi connectivity index (χ4v) is 2.20. The number of benzene rings is 1. The number of methoxy groups -OCH3 is 2. The Hall–Kier alpha value is -1.88. The Morgan fingerprint density at radius 1 is 1.22 bits per heavy atom. The number of aromatic nitrogens is 1. The third-order valence-corrected chi connectivity index (χ3v) is 2.91. The van der Waals surface area contributed by atoms with Crippen LogP contribution in [-0.4, -0.2) is 19.4 Å². The molecule has 0 aliphatic rings. The first-order valence-corrected chi connectivity index (χ1v) is 5.60. The molecule has 0 bridgehead atoms. The van der Waals surface area contributed by atoms with E-state index in [1.54, 1.807) is 13.2 Å². The Kier molecular flexibility index (Phi) is 3.34. The zero-order valence-corrected chi connectivity index (χ0v) is 11.0. The second-order valence-electron chi connectivity index (χ2n) is 3.74.